The molecule has 168 valence electrons. The van der Waals surface area contributed by atoms with Crippen LogP contribution >= 0.6 is 0 Å². The van der Waals surface area contributed by atoms with E-state index < -0.39 is 17.8 Å². The van der Waals surface area contributed by atoms with Gasteiger partial charge in [-0.05, 0) is 55.3 Å². The van der Waals surface area contributed by atoms with Gasteiger partial charge in [0, 0.05) is 30.7 Å². The van der Waals surface area contributed by atoms with Crippen molar-refractivity contribution in [1.29, 1.82) is 0 Å². The largest absolute Gasteiger partial charge is 0.327 e. The molecule has 0 fully saturated rings. The van der Waals surface area contributed by atoms with Gasteiger partial charge in [-0.1, -0.05) is 24.3 Å². The van der Waals surface area contributed by atoms with Crippen LogP contribution in [0.25, 0.3) is 5.69 Å². The number of benzene rings is 2. The molecule has 2 N–H and O–H groups in total. The molecule has 2 aromatic carbocycles. The number of nitrogens with zero attached hydrogens (tertiary/aromatic N) is 2. The standard InChI is InChI=1S/C25H23FN4O3/c1-15-6-11-19(30-12-4-5-16(2)24(30)32)13-21(15)27-23(31)20-14-29(3)25(33)28-22(20)17-7-9-18(26)10-8-17/h4-14,22H,1-3H3,(H,27,31)(H,28,33). The van der Waals surface area contributed by atoms with Crippen LogP contribution in [0, 0.1) is 19.7 Å². The SMILES string of the molecule is Cc1ccc(-n2cccc(C)c2=O)cc1NC(=O)C1=CN(C)C(=O)NC1c1ccc(F)cc1. The van der Waals surface area contributed by atoms with Gasteiger partial charge in [0.05, 0.1) is 17.3 Å². The summed E-state index contributed by atoms with van der Waals surface area (Å²) in [4.78, 5) is 39.3. The Morgan fingerprint density at radius 3 is 2.48 bits per heavy atom. The third-order valence-corrected chi connectivity index (χ3v) is 5.58. The van der Waals surface area contributed by atoms with E-state index in [1.165, 1.54) is 39.9 Å². The van der Waals surface area contributed by atoms with E-state index in [9.17, 15) is 18.8 Å². The molecule has 1 atom stereocenters. The van der Waals surface area contributed by atoms with E-state index in [1.807, 2.05) is 13.0 Å². The van der Waals surface area contributed by atoms with Gasteiger partial charge in [-0.3, -0.25) is 14.2 Å². The van der Waals surface area contributed by atoms with Crippen LogP contribution in [0.15, 0.2) is 77.4 Å². The highest BCUT2D eigenvalue weighted by Crippen LogP contribution is 2.28. The predicted molar refractivity (Wildman–Crippen MR) is 124 cm³/mol. The van der Waals surface area contributed by atoms with Crippen molar-refractivity contribution in [3.05, 3.63) is 105 Å². The minimum Gasteiger partial charge on any atom is -0.327 e. The smallest absolute Gasteiger partial charge is 0.321 e. The maximum Gasteiger partial charge on any atom is 0.321 e. The zero-order valence-corrected chi connectivity index (χ0v) is 18.4. The molecule has 3 amide bonds. The van der Waals surface area contributed by atoms with Crippen molar-refractivity contribution in [2.75, 3.05) is 12.4 Å². The van der Waals surface area contributed by atoms with Gasteiger partial charge >= 0.3 is 6.03 Å². The summed E-state index contributed by atoms with van der Waals surface area (Å²) in [5.74, 6) is -0.833. The molecule has 4 rings (SSSR count). The first-order valence-electron chi connectivity index (χ1n) is 10.4. The number of aryl methyl sites for hydroxylation is 2. The fraction of sp³-hybridized carbons (Fsp3) is 0.160. The minimum absolute atomic E-state index is 0.144. The zero-order valence-electron chi connectivity index (χ0n) is 18.4. The third kappa shape index (κ3) is 4.41. The van der Waals surface area contributed by atoms with Gasteiger partial charge in [0.1, 0.15) is 5.82 Å². The fourth-order valence-electron chi connectivity index (χ4n) is 3.65. The Morgan fingerprint density at radius 1 is 1.03 bits per heavy atom. The van der Waals surface area contributed by atoms with Crippen molar-refractivity contribution < 1.29 is 14.0 Å². The number of urea groups is 1. The number of nitrogens with one attached hydrogen (secondary N) is 2. The summed E-state index contributed by atoms with van der Waals surface area (Å²) < 4.78 is 14.9. The molecule has 7 nitrogen and oxygen atoms in total. The van der Waals surface area contributed by atoms with Crippen molar-refractivity contribution >= 4 is 17.6 Å². The molecule has 0 saturated carbocycles. The summed E-state index contributed by atoms with van der Waals surface area (Å²) in [6, 6.07) is 13.4. The average molecular weight is 446 g/mol. The van der Waals surface area contributed by atoms with E-state index in [0.717, 1.165) is 5.56 Å². The summed E-state index contributed by atoms with van der Waals surface area (Å²) >= 11 is 0. The van der Waals surface area contributed by atoms with Crippen LogP contribution in [-0.4, -0.2) is 28.5 Å². The Morgan fingerprint density at radius 2 is 1.76 bits per heavy atom. The maximum absolute atomic E-state index is 13.4. The molecule has 3 aromatic rings. The van der Waals surface area contributed by atoms with Crippen molar-refractivity contribution in [2.45, 2.75) is 19.9 Å². The van der Waals surface area contributed by atoms with Crippen molar-refractivity contribution in [2.24, 2.45) is 0 Å². The summed E-state index contributed by atoms with van der Waals surface area (Å²) in [6.45, 7) is 3.59. The second-order valence-corrected chi connectivity index (χ2v) is 7.95. The number of halogens is 1. The molecule has 1 aliphatic rings. The van der Waals surface area contributed by atoms with E-state index in [-0.39, 0.29) is 11.6 Å². The van der Waals surface area contributed by atoms with Crippen LogP contribution in [0.2, 0.25) is 0 Å². The van der Waals surface area contributed by atoms with Crippen molar-refractivity contribution in [3.8, 4) is 5.69 Å². The molecule has 0 radical (unpaired) electrons. The lowest BCUT2D eigenvalue weighted by Crippen LogP contribution is -2.44. The quantitative estimate of drug-likeness (QED) is 0.639. The van der Waals surface area contributed by atoms with Crippen molar-refractivity contribution in [3.63, 3.8) is 0 Å². The lowest BCUT2D eigenvalue weighted by Gasteiger charge is -2.30. The lowest BCUT2D eigenvalue weighted by molar-refractivity contribution is -0.113. The minimum atomic E-state index is -0.739. The summed E-state index contributed by atoms with van der Waals surface area (Å²) in [5.41, 5.74) is 3.29. The van der Waals surface area contributed by atoms with Crippen LogP contribution in [0.1, 0.15) is 22.7 Å². The Hall–Kier alpha value is -4.20. The number of hydrogen-bond acceptors (Lipinski definition) is 3. The highest BCUT2D eigenvalue weighted by molar-refractivity contribution is 6.06. The summed E-state index contributed by atoms with van der Waals surface area (Å²) in [7, 11) is 1.54. The molecule has 33 heavy (non-hydrogen) atoms. The molecular formula is C25H23FN4O3. The van der Waals surface area contributed by atoms with Crippen LogP contribution in [-0.2, 0) is 4.79 Å². The molecule has 2 heterocycles. The van der Waals surface area contributed by atoms with E-state index in [2.05, 4.69) is 10.6 Å². The van der Waals surface area contributed by atoms with Crippen LogP contribution < -0.4 is 16.2 Å². The van der Waals surface area contributed by atoms with E-state index in [4.69, 9.17) is 0 Å². The molecular weight excluding hydrogens is 423 g/mol. The number of rotatable bonds is 4. The number of hydrogen-bond donors (Lipinski definition) is 2. The maximum atomic E-state index is 13.4. The number of carbonyl (C=O) groups excluding carboxylic acids is 2. The highest BCUT2D eigenvalue weighted by Gasteiger charge is 2.30. The lowest BCUT2D eigenvalue weighted by atomic mass is 9.97. The predicted octanol–water partition coefficient (Wildman–Crippen LogP) is 3.81. The first-order chi connectivity index (χ1) is 15.7. The Balaban J connectivity index is 1.68. The van der Waals surface area contributed by atoms with Gasteiger partial charge in [-0.2, -0.15) is 0 Å². The Kier molecular flexibility index (Phi) is 5.83. The monoisotopic (exact) mass is 446 g/mol. The first kappa shape index (κ1) is 22.0. The molecule has 1 aromatic heterocycles. The Bertz CT molecular complexity index is 1330. The van der Waals surface area contributed by atoms with Gasteiger partial charge in [0.15, 0.2) is 0 Å². The molecule has 0 bridgehead atoms. The van der Waals surface area contributed by atoms with E-state index in [0.29, 0.717) is 28.1 Å². The average Bonchev–Trinajstić information content (AvgIpc) is 2.79. The summed E-state index contributed by atoms with van der Waals surface area (Å²) in [5, 5.41) is 5.67. The van der Waals surface area contributed by atoms with Crippen LogP contribution in [0.5, 0.6) is 0 Å². The number of aromatic nitrogens is 1. The number of amides is 3. The normalized spacial score (nSPS) is 15.6. The molecule has 1 unspecified atom stereocenters. The number of carbonyl (C=O) groups is 2. The molecule has 1 aliphatic heterocycles. The molecule has 0 spiro atoms. The molecule has 8 heteroatoms. The zero-order chi connectivity index (χ0) is 23.7. The van der Waals surface area contributed by atoms with Gasteiger partial charge in [-0.25, -0.2) is 9.18 Å². The van der Waals surface area contributed by atoms with Gasteiger partial charge in [-0.15, -0.1) is 0 Å². The number of anilines is 1. The van der Waals surface area contributed by atoms with Crippen molar-refractivity contribution in [1.82, 2.24) is 14.8 Å². The van der Waals surface area contributed by atoms with Gasteiger partial charge in [0.2, 0.25) is 0 Å². The number of pyridine rings is 1. The highest BCUT2D eigenvalue weighted by atomic mass is 19.1. The first-order valence-corrected chi connectivity index (χ1v) is 10.4. The van der Waals surface area contributed by atoms with E-state index >= 15 is 0 Å². The second kappa shape index (κ2) is 8.74. The second-order valence-electron chi connectivity index (χ2n) is 7.95. The summed E-state index contributed by atoms with van der Waals surface area (Å²) in [6.07, 6.45) is 3.14. The topological polar surface area (TPSA) is 83.4 Å². The fourth-order valence-corrected chi connectivity index (χ4v) is 3.65. The molecule has 0 aliphatic carbocycles. The van der Waals surface area contributed by atoms with Gasteiger partial charge < -0.3 is 15.5 Å². The molecule has 0 saturated heterocycles. The van der Waals surface area contributed by atoms with E-state index in [1.54, 1.807) is 44.4 Å². The van der Waals surface area contributed by atoms with Crippen LogP contribution in [0.4, 0.5) is 14.9 Å². The Labute approximate surface area is 190 Å². The van der Waals surface area contributed by atoms with Crippen LogP contribution in [0.3, 0.4) is 0 Å². The third-order valence-electron chi connectivity index (χ3n) is 5.58. The van der Waals surface area contributed by atoms with Gasteiger partial charge in [0.25, 0.3) is 11.5 Å².